The second-order valence-electron chi connectivity index (χ2n) is 12.8. The zero-order valence-electron chi connectivity index (χ0n) is 20.1. The molecule has 0 amide bonds. The lowest BCUT2D eigenvalue weighted by molar-refractivity contribution is -0.187. The van der Waals surface area contributed by atoms with Gasteiger partial charge in [0.2, 0.25) is 0 Å². The summed E-state index contributed by atoms with van der Waals surface area (Å²) in [6.45, 7) is 7.28. The van der Waals surface area contributed by atoms with E-state index in [2.05, 4.69) is 13.8 Å². The summed E-state index contributed by atoms with van der Waals surface area (Å²) in [6, 6.07) is 0. The van der Waals surface area contributed by atoms with E-state index in [9.17, 15) is 14.4 Å². The Hall–Kier alpha value is -1.65. The van der Waals surface area contributed by atoms with E-state index in [1.165, 1.54) is 5.57 Å². The lowest BCUT2D eigenvalue weighted by Crippen LogP contribution is -2.60. The molecule has 1 aliphatic heterocycles. The first-order chi connectivity index (χ1) is 15.8. The van der Waals surface area contributed by atoms with E-state index >= 15 is 0 Å². The number of carbonyl (C=O) groups is 3. The van der Waals surface area contributed by atoms with E-state index < -0.39 is 0 Å². The summed E-state index contributed by atoms with van der Waals surface area (Å²) in [7, 11) is 0. The number of ketones is 1. The first-order valence-electron chi connectivity index (χ1n) is 13.4. The van der Waals surface area contributed by atoms with Gasteiger partial charge in [-0.25, -0.2) is 0 Å². The van der Waals surface area contributed by atoms with Crippen molar-refractivity contribution >= 4 is 17.7 Å². The van der Waals surface area contributed by atoms with Crippen molar-refractivity contribution in [1.29, 1.82) is 0 Å². The highest BCUT2D eigenvalue weighted by Gasteiger charge is 2.80. The van der Waals surface area contributed by atoms with Crippen molar-refractivity contribution in [1.82, 2.24) is 0 Å². The third-order valence-corrected chi connectivity index (χ3v) is 11.8. The number of hydrogen-bond donors (Lipinski definition) is 0. The van der Waals surface area contributed by atoms with Crippen LogP contribution in [0.25, 0.3) is 0 Å². The van der Waals surface area contributed by atoms with Gasteiger partial charge in [0.05, 0.1) is 12.5 Å². The Labute approximate surface area is 196 Å². The fraction of sp³-hybridized carbons (Fsp3) is 0.821. The maximum Gasteiger partial charge on any atom is 0.309 e. The molecule has 0 bridgehead atoms. The molecule has 1 heterocycles. The molecular weight excluding hydrogens is 416 g/mol. The molecule has 0 aromatic carbocycles. The van der Waals surface area contributed by atoms with Crippen LogP contribution in [0.15, 0.2) is 11.6 Å². The molecule has 33 heavy (non-hydrogen) atoms. The summed E-state index contributed by atoms with van der Waals surface area (Å²) >= 11 is 0. The quantitative estimate of drug-likeness (QED) is 0.591. The molecule has 1 saturated heterocycles. The molecule has 0 N–H and O–H groups in total. The van der Waals surface area contributed by atoms with Crippen LogP contribution in [-0.2, 0) is 23.9 Å². The third-order valence-electron chi connectivity index (χ3n) is 11.8. The lowest BCUT2D eigenvalue weighted by atomic mass is 9.43. The first kappa shape index (κ1) is 20.7. The molecule has 0 aromatic rings. The molecule has 5 heteroatoms. The van der Waals surface area contributed by atoms with E-state index in [1.807, 2.05) is 13.0 Å². The molecule has 6 unspecified atom stereocenters. The van der Waals surface area contributed by atoms with Crippen LogP contribution >= 0.6 is 0 Å². The third kappa shape index (κ3) is 2.33. The second kappa shape index (κ2) is 6.31. The predicted molar refractivity (Wildman–Crippen MR) is 120 cm³/mol. The zero-order chi connectivity index (χ0) is 22.9. The van der Waals surface area contributed by atoms with Gasteiger partial charge in [-0.1, -0.05) is 26.3 Å². The molecule has 7 aliphatic rings. The summed E-state index contributed by atoms with van der Waals surface area (Å²) in [5.74, 6) is 2.77. The van der Waals surface area contributed by atoms with Gasteiger partial charge in [0.25, 0.3) is 0 Å². The summed E-state index contributed by atoms with van der Waals surface area (Å²) in [4.78, 5) is 38.6. The molecule has 0 aromatic heterocycles. The Bertz CT molecular complexity index is 998. The van der Waals surface area contributed by atoms with Gasteiger partial charge in [-0.2, -0.15) is 0 Å². The predicted octanol–water partition coefficient (Wildman–Crippen LogP) is 4.49. The van der Waals surface area contributed by atoms with Crippen LogP contribution < -0.4 is 0 Å². The Morgan fingerprint density at radius 2 is 1.97 bits per heavy atom. The van der Waals surface area contributed by atoms with E-state index in [-0.39, 0.29) is 51.9 Å². The summed E-state index contributed by atoms with van der Waals surface area (Å²) in [5.41, 5.74) is 0.881. The normalized spacial score (nSPS) is 54.9. The molecule has 5 nitrogen and oxygen atoms in total. The number of ether oxygens (including phenoxy) is 2. The fourth-order valence-corrected chi connectivity index (χ4v) is 10.4. The number of rotatable bonds is 3. The SMILES string of the molecule is CCCOC(=O)[C@@H]1CC2=CC(=O)[C@@H]3C[C@@H]3C2(C)C2CCC3(C)C(C21)[C@@H]1C[C@@H]1C31CCC(=O)O1. The van der Waals surface area contributed by atoms with E-state index in [1.54, 1.807) is 0 Å². The van der Waals surface area contributed by atoms with Gasteiger partial charge in [0.1, 0.15) is 5.60 Å². The number of hydrogen-bond acceptors (Lipinski definition) is 5. The van der Waals surface area contributed by atoms with Gasteiger partial charge < -0.3 is 9.47 Å². The van der Waals surface area contributed by atoms with Gasteiger partial charge in [-0.05, 0) is 86.0 Å². The first-order valence-corrected chi connectivity index (χ1v) is 13.4. The Morgan fingerprint density at radius 1 is 1.15 bits per heavy atom. The Balaban J connectivity index is 1.33. The monoisotopic (exact) mass is 452 g/mol. The molecule has 6 aliphatic carbocycles. The minimum absolute atomic E-state index is 0.0264. The van der Waals surface area contributed by atoms with Crippen molar-refractivity contribution in [2.45, 2.75) is 77.7 Å². The van der Waals surface area contributed by atoms with Gasteiger partial charge >= 0.3 is 11.9 Å². The van der Waals surface area contributed by atoms with Crippen molar-refractivity contribution < 1.29 is 23.9 Å². The standard InChI is InChI=1S/C28H36O5/c1-4-9-32-25(31)17-10-14-11-21(29)15-12-19(15)27(14,3)18-5-7-26(2)24(23(17)18)16-13-20(16)28(26)8-6-22(30)33-28/h11,15-20,23-24H,4-10,12-13H2,1-3H3/t15-,16-,17-,18?,19+,20+,23?,24?,26?,27?,28?/m1/s1. The second-order valence-corrected chi connectivity index (χ2v) is 12.8. The molecule has 1 spiro atoms. The number of esters is 2. The van der Waals surface area contributed by atoms with Crippen molar-refractivity contribution in [3.63, 3.8) is 0 Å². The van der Waals surface area contributed by atoms with Crippen molar-refractivity contribution in [2.75, 3.05) is 6.61 Å². The molecular formula is C28H36O5. The Morgan fingerprint density at radius 3 is 2.70 bits per heavy atom. The minimum Gasteiger partial charge on any atom is -0.465 e. The van der Waals surface area contributed by atoms with Crippen LogP contribution in [0.4, 0.5) is 0 Å². The van der Waals surface area contributed by atoms with Crippen LogP contribution in [0.3, 0.4) is 0 Å². The van der Waals surface area contributed by atoms with E-state index in [0.29, 0.717) is 49.0 Å². The highest BCUT2D eigenvalue weighted by atomic mass is 16.6. The maximum absolute atomic E-state index is 13.5. The van der Waals surface area contributed by atoms with Crippen LogP contribution in [0.2, 0.25) is 0 Å². The fourth-order valence-electron chi connectivity index (χ4n) is 10.4. The number of carbonyl (C=O) groups excluding carboxylic acids is 3. The zero-order valence-corrected chi connectivity index (χ0v) is 20.1. The Kier molecular flexibility index (Phi) is 3.96. The number of allylic oxidation sites excluding steroid dienone is 1. The summed E-state index contributed by atoms with van der Waals surface area (Å²) in [6.07, 6.45) is 9.07. The van der Waals surface area contributed by atoms with Gasteiger partial charge in [0, 0.05) is 23.7 Å². The average Bonchev–Trinajstić information content (AvgIpc) is 3.69. The average molecular weight is 453 g/mol. The molecule has 6 fully saturated rings. The largest absolute Gasteiger partial charge is 0.465 e. The number of fused-ring (bicyclic) bond motifs is 11. The van der Waals surface area contributed by atoms with Crippen LogP contribution in [-0.4, -0.2) is 29.9 Å². The van der Waals surface area contributed by atoms with Gasteiger partial charge in [0.15, 0.2) is 5.78 Å². The van der Waals surface area contributed by atoms with Crippen LogP contribution in [0.5, 0.6) is 0 Å². The van der Waals surface area contributed by atoms with Crippen LogP contribution in [0, 0.1) is 58.2 Å². The smallest absolute Gasteiger partial charge is 0.309 e. The maximum atomic E-state index is 13.5. The van der Waals surface area contributed by atoms with Crippen molar-refractivity contribution in [3.05, 3.63) is 11.6 Å². The van der Waals surface area contributed by atoms with Gasteiger partial charge in [-0.3, -0.25) is 14.4 Å². The van der Waals surface area contributed by atoms with Crippen molar-refractivity contribution in [3.8, 4) is 0 Å². The van der Waals surface area contributed by atoms with Crippen molar-refractivity contribution in [2.24, 2.45) is 58.2 Å². The van der Waals surface area contributed by atoms with E-state index in [0.717, 1.165) is 38.5 Å². The summed E-state index contributed by atoms with van der Waals surface area (Å²) in [5, 5.41) is 0. The van der Waals surface area contributed by atoms with Gasteiger partial charge in [-0.15, -0.1) is 0 Å². The minimum atomic E-state index is -0.316. The molecule has 7 rings (SSSR count). The highest BCUT2D eigenvalue weighted by Crippen LogP contribution is 2.81. The molecule has 5 saturated carbocycles. The molecule has 0 radical (unpaired) electrons. The van der Waals surface area contributed by atoms with E-state index in [4.69, 9.17) is 9.47 Å². The molecule has 11 atom stereocenters. The van der Waals surface area contributed by atoms with Crippen LogP contribution in [0.1, 0.15) is 72.1 Å². The summed E-state index contributed by atoms with van der Waals surface area (Å²) < 4.78 is 12.0. The topological polar surface area (TPSA) is 69.7 Å². The highest BCUT2D eigenvalue weighted by molar-refractivity contribution is 5.96. The lowest BCUT2D eigenvalue weighted by Gasteiger charge is -2.61. The molecule has 178 valence electrons.